The van der Waals surface area contributed by atoms with Crippen molar-refractivity contribution in [1.82, 2.24) is 9.55 Å². The Balaban J connectivity index is 2.30. The van der Waals surface area contributed by atoms with Crippen molar-refractivity contribution in [3.05, 3.63) is 52.5 Å². The summed E-state index contributed by atoms with van der Waals surface area (Å²) in [7, 11) is 0. The number of imidazole rings is 1. The van der Waals surface area contributed by atoms with Gasteiger partial charge in [-0.1, -0.05) is 34.1 Å². The molecule has 0 aliphatic heterocycles. The van der Waals surface area contributed by atoms with Gasteiger partial charge in [0.05, 0.1) is 16.7 Å². The Bertz CT molecular complexity index is 731. The minimum Gasteiger partial charge on any atom is -0.369 e. The van der Waals surface area contributed by atoms with E-state index in [2.05, 4.69) is 40.0 Å². The SMILES string of the molecule is Cc1ccc(-n2c(N)nc3ccccc32)cc1Br. The molecule has 0 unspecified atom stereocenters. The third kappa shape index (κ3) is 1.69. The maximum Gasteiger partial charge on any atom is 0.205 e. The van der Waals surface area contributed by atoms with Crippen molar-refractivity contribution in [3.8, 4) is 5.69 Å². The molecule has 0 fully saturated rings. The van der Waals surface area contributed by atoms with E-state index in [-0.39, 0.29) is 0 Å². The topological polar surface area (TPSA) is 43.8 Å². The number of fused-ring (bicyclic) bond motifs is 1. The summed E-state index contributed by atoms with van der Waals surface area (Å²) in [5.74, 6) is 0.506. The molecule has 0 saturated heterocycles. The Morgan fingerprint density at radius 3 is 2.72 bits per heavy atom. The summed E-state index contributed by atoms with van der Waals surface area (Å²) >= 11 is 3.55. The molecule has 0 radical (unpaired) electrons. The number of rotatable bonds is 1. The maximum absolute atomic E-state index is 6.01. The number of hydrogen-bond donors (Lipinski definition) is 1. The van der Waals surface area contributed by atoms with Crippen LogP contribution in [0, 0.1) is 6.92 Å². The summed E-state index contributed by atoms with van der Waals surface area (Å²) in [5, 5.41) is 0. The summed E-state index contributed by atoms with van der Waals surface area (Å²) in [6.45, 7) is 2.06. The summed E-state index contributed by atoms with van der Waals surface area (Å²) < 4.78 is 3.02. The van der Waals surface area contributed by atoms with Crippen LogP contribution in [0.15, 0.2) is 46.9 Å². The van der Waals surface area contributed by atoms with E-state index >= 15 is 0 Å². The first-order chi connectivity index (χ1) is 8.66. The second-order valence-corrected chi connectivity index (χ2v) is 5.08. The van der Waals surface area contributed by atoms with Gasteiger partial charge in [-0.05, 0) is 36.8 Å². The Kier molecular flexibility index (Phi) is 2.59. The molecule has 3 rings (SSSR count). The molecule has 18 heavy (non-hydrogen) atoms. The van der Waals surface area contributed by atoms with Crippen molar-refractivity contribution in [3.63, 3.8) is 0 Å². The number of hydrogen-bond acceptors (Lipinski definition) is 2. The standard InChI is InChI=1S/C14H12BrN3/c1-9-6-7-10(8-11(9)15)18-13-5-3-2-4-12(13)17-14(18)16/h2-8H,1H3,(H2,16,17). The average Bonchev–Trinajstić information content (AvgIpc) is 2.69. The van der Waals surface area contributed by atoms with Crippen LogP contribution in [0.4, 0.5) is 5.95 Å². The molecular weight excluding hydrogens is 290 g/mol. The van der Waals surface area contributed by atoms with Gasteiger partial charge in [0.25, 0.3) is 0 Å². The fourth-order valence-electron chi connectivity index (χ4n) is 2.04. The molecule has 0 saturated carbocycles. The van der Waals surface area contributed by atoms with E-state index in [9.17, 15) is 0 Å². The summed E-state index contributed by atoms with van der Waals surface area (Å²) in [6.07, 6.45) is 0. The summed E-state index contributed by atoms with van der Waals surface area (Å²) in [6, 6.07) is 14.1. The molecule has 0 aliphatic rings. The van der Waals surface area contributed by atoms with E-state index < -0.39 is 0 Å². The molecule has 2 N–H and O–H groups in total. The smallest absolute Gasteiger partial charge is 0.205 e. The van der Waals surface area contributed by atoms with Crippen molar-refractivity contribution in [2.75, 3.05) is 5.73 Å². The van der Waals surface area contributed by atoms with Gasteiger partial charge >= 0.3 is 0 Å². The van der Waals surface area contributed by atoms with Crippen LogP contribution in [0.25, 0.3) is 16.7 Å². The van der Waals surface area contributed by atoms with Gasteiger partial charge in [-0.2, -0.15) is 0 Å². The molecule has 2 aromatic carbocycles. The van der Waals surface area contributed by atoms with Gasteiger partial charge in [0.2, 0.25) is 5.95 Å². The highest BCUT2D eigenvalue weighted by Crippen LogP contribution is 2.26. The van der Waals surface area contributed by atoms with E-state index in [0.29, 0.717) is 5.95 Å². The lowest BCUT2D eigenvalue weighted by atomic mass is 10.2. The largest absolute Gasteiger partial charge is 0.369 e. The van der Waals surface area contributed by atoms with Gasteiger partial charge in [0, 0.05) is 4.47 Å². The van der Waals surface area contributed by atoms with Gasteiger partial charge in [-0.25, -0.2) is 4.98 Å². The highest BCUT2D eigenvalue weighted by molar-refractivity contribution is 9.10. The van der Waals surface area contributed by atoms with E-state index in [0.717, 1.165) is 21.2 Å². The molecule has 0 amide bonds. The first-order valence-electron chi connectivity index (χ1n) is 5.66. The van der Waals surface area contributed by atoms with Crippen LogP contribution in [0.2, 0.25) is 0 Å². The van der Waals surface area contributed by atoms with Crippen molar-refractivity contribution >= 4 is 32.9 Å². The molecule has 4 heteroatoms. The fourth-order valence-corrected chi connectivity index (χ4v) is 2.40. The number of nitrogens with two attached hydrogens (primary N) is 1. The molecule has 0 bridgehead atoms. The predicted molar refractivity (Wildman–Crippen MR) is 77.9 cm³/mol. The molecule has 3 nitrogen and oxygen atoms in total. The van der Waals surface area contributed by atoms with E-state index in [1.807, 2.05) is 34.9 Å². The fraction of sp³-hybridized carbons (Fsp3) is 0.0714. The van der Waals surface area contributed by atoms with Crippen LogP contribution in [-0.2, 0) is 0 Å². The maximum atomic E-state index is 6.01. The minimum atomic E-state index is 0.506. The summed E-state index contributed by atoms with van der Waals surface area (Å²) in [4.78, 5) is 4.37. The van der Waals surface area contributed by atoms with Gasteiger partial charge in [0.15, 0.2) is 0 Å². The van der Waals surface area contributed by atoms with Crippen LogP contribution < -0.4 is 5.73 Å². The van der Waals surface area contributed by atoms with Crippen LogP contribution >= 0.6 is 15.9 Å². The first-order valence-corrected chi connectivity index (χ1v) is 6.45. The highest BCUT2D eigenvalue weighted by atomic mass is 79.9. The third-order valence-electron chi connectivity index (χ3n) is 3.00. The van der Waals surface area contributed by atoms with Gasteiger partial charge in [-0.3, -0.25) is 4.57 Å². The van der Waals surface area contributed by atoms with E-state index in [1.165, 1.54) is 5.56 Å². The zero-order chi connectivity index (χ0) is 12.7. The minimum absolute atomic E-state index is 0.506. The lowest BCUT2D eigenvalue weighted by molar-refractivity contribution is 1.10. The number of anilines is 1. The Hall–Kier alpha value is -1.81. The predicted octanol–water partition coefficient (Wildman–Crippen LogP) is 3.68. The highest BCUT2D eigenvalue weighted by Gasteiger charge is 2.09. The molecule has 1 aromatic heterocycles. The molecule has 3 aromatic rings. The number of benzene rings is 2. The van der Waals surface area contributed by atoms with Crippen molar-refractivity contribution < 1.29 is 0 Å². The Morgan fingerprint density at radius 1 is 1.17 bits per heavy atom. The van der Waals surface area contributed by atoms with Crippen molar-refractivity contribution in [2.45, 2.75) is 6.92 Å². The zero-order valence-electron chi connectivity index (χ0n) is 9.89. The zero-order valence-corrected chi connectivity index (χ0v) is 11.5. The molecular formula is C14H12BrN3. The average molecular weight is 302 g/mol. The lowest BCUT2D eigenvalue weighted by Crippen LogP contribution is -2.00. The quantitative estimate of drug-likeness (QED) is 0.745. The summed E-state index contributed by atoms with van der Waals surface area (Å²) in [5.41, 5.74) is 10.1. The van der Waals surface area contributed by atoms with Gasteiger partial charge in [0.1, 0.15) is 0 Å². The number of aryl methyl sites for hydroxylation is 1. The van der Waals surface area contributed by atoms with Crippen LogP contribution in [0.5, 0.6) is 0 Å². The van der Waals surface area contributed by atoms with Gasteiger partial charge in [-0.15, -0.1) is 0 Å². The van der Waals surface area contributed by atoms with Crippen LogP contribution in [0.3, 0.4) is 0 Å². The lowest BCUT2D eigenvalue weighted by Gasteiger charge is -2.08. The van der Waals surface area contributed by atoms with Crippen LogP contribution in [-0.4, -0.2) is 9.55 Å². The number of aromatic nitrogens is 2. The van der Waals surface area contributed by atoms with Gasteiger partial charge < -0.3 is 5.73 Å². The molecule has 0 aliphatic carbocycles. The molecule has 1 heterocycles. The molecule has 0 spiro atoms. The first kappa shape index (κ1) is 11.3. The van der Waals surface area contributed by atoms with Crippen molar-refractivity contribution in [2.24, 2.45) is 0 Å². The normalized spacial score (nSPS) is 11.0. The number of nitrogens with zero attached hydrogens (tertiary/aromatic N) is 2. The van der Waals surface area contributed by atoms with Crippen molar-refractivity contribution in [1.29, 1.82) is 0 Å². The second kappa shape index (κ2) is 4.14. The van der Waals surface area contributed by atoms with E-state index in [4.69, 9.17) is 5.73 Å². The monoisotopic (exact) mass is 301 g/mol. The third-order valence-corrected chi connectivity index (χ3v) is 3.85. The second-order valence-electron chi connectivity index (χ2n) is 4.23. The van der Waals surface area contributed by atoms with E-state index in [1.54, 1.807) is 0 Å². The Morgan fingerprint density at radius 2 is 1.94 bits per heavy atom. The number of nitrogen functional groups attached to an aromatic ring is 1. The Labute approximate surface area is 113 Å². The molecule has 90 valence electrons. The van der Waals surface area contributed by atoms with Crippen LogP contribution in [0.1, 0.15) is 5.56 Å². The number of halogens is 1. The number of para-hydroxylation sites is 2. The molecule has 0 atom stereocenters.